The maximum absolute atomic E-state index is 12.4. The molecule has 1 atom stereocenters. The molecule has 138 valence electrons. The lowest BCUT2D eigenvalue weighted by atomic mass is 9.96. The molecule has 4 heteroatoms. The second-order valence-corrected chi connectivity index (χ2v) is 6.86. The summed E-state index contributed by atoms with van der Waals surface area (Å²) in [6.07, 6.45) is 0.774. The zero-order chi connectivity index (χ0) is 19.3. The van der Waals surface area contributed by atoms with Crippen LogP contribution in [0.1, 0.15) is 33.8 Å². The summed E-state index contributed by atoms with van der Waals surface area (Å²) in [7, 11) is 0. The number of nitriles is 1. The normalized spacial score (nSPS) is 14.6. The van der Waals surface area contributed by atoms with Crippen molar-refractivity contribution in [3.63, 3.8) is 0 Å². The summed E-state index contributed by atoms with van der Waals surface area (Å²) in [5, 5.41) is 12.1. The number of benzene rings is 3. The maximum atomic E-state index is 12.4. The van der Waals surface area contributed by atoms with Crippen LogP contribution in [0.2, 0.25) is 0 Å². The van der Waals surface area contributed by atoms with Crippen molar-refractivity contribution in [3.05, 3.63) is 89.5 Å². The molecule has 1 amide bonds. The minimum atomic E-state index is -0.0791. The summed E-state index contributed by atoms with van der Waals surface area (Å²) in [6.45, 7) is 1.15. The first-order valence-electron chi connectivity index (χ1n) is 9.35. The van der Waals surface area contributed by atoms with Gasteiger partial charge in [0.25, 0.3) is 5.91 Å². The zero-order valence-electron chi connectivity index (χ0n) is 15.4. The molecule has 0 saturated carbocycles. The van der Waals surface area contributed by atoms with Crippen LogP contribution in [0.5, 0.6) is 5.75 Å². The Morgan fingerprint density at radius 2 is 1.79 bits per heavy atom. The van der Waals surface area contributed by atoms with E-state index in [0.29, 0.717) is 24.3 Å². The van der Waals surface area contributed by atoms with E-state index in [2.05, 4.69) is 11.4 Å². The van der Waals surface area contributed by atoms with E-state index in [1.165, 1.54) is 0 Å². The molecule has 1 heterocycles. The number of carbonyl (C=O) groups is 1. The van der Waals surface area contributed by atoms with Crippen LogP contribution in [0, 0.1) is 11.3 Å². The Bertz CT molecular complexity index is 1020. The molecule has 0 saturated heterocycles. The van der Waals surface area contributed by atoms with Gasteiger partial charge in [-0.05, 0) is 47.9 Å². The number of carbonyl (C=O) groups excluding carboxylic acids is 1. The molecule has 1 N–H and O–H groups in total. The number of nitrogens with zero attached hydrogens (tertiary/aromatic N) is 1. The van der Waals surface area contributed by atoms with Crippen molar-refractivity contribution < 1.29 is 9.53 Å². The smallest absolute Gasteiger partial charge is 0.251 e. The maximum Gasteiger partial charge on any atom is 0.251 e. The first-order valence-corrected chi connectivity index (χ1v) is 9.35. The molecule has 0 aromatic heterocycles. The Hall–Kier alpha value is -3.58. The monoisotopic (exact) mass is 368 g/mol. The first-order chi connectivity index (χ1) is 13.7. The van der Waals surface area contributed by atoms with Crippen molar-refractivity contribution in [2.24, 2.45) is 0 Å². The molecule has 0 spiro atoms. The summed E-state index contributed by atoms with van der Waals surface area (Å²) in [4.78, 5) is 12.4. The summed E-state index contributed by atoms with van der Waals surface area (Å²) >= 11 is 0. The van der Waals surface area contributed by atoms with Gasteiger partial charge < -0.3 is 10.1 Å². The van der Waals surface area contributed by atoms with Crippen molar-refractivity contribution in [2.45, 2.75) is 12.3 Å². The molecule has 3 aromatic rings. The predicted octanol–water partition coefficient (Wildman–Crippen LogP) is 4.52. The molecule has 4 nitrogen and oxygen atoms in total. The highest BCUT2D eigenvalue weighted by Gasteiger charge is 2.24. The Balaban J connectivity index is 1.34. The molecule has 0 fully saturated rings. The van der Waals surface area contributed by atoms with Crippen LogP contribution in [0.4, 0.5) is 0 Å². The molecular weight excluding hydrogens is 348 g/mol. The SMILES string of the molecule is N#Cc1ccc2c(c1)C(CCNC(=O)c1ccc(-c3ccccc3)cc1)CO2. The number of hydrogen-bond donors (Lipinski definition) is 1. The topological polar surface area (TPSA) is 62.1 Å². The summed E-state index contributed by atoms with van der Waals surface area (Å²) in [6, 6.07) is 25.4. The van der Waals surface area contributed by atoms with Gasteiger partial charge in [-0.2, -0.15) is 5.26 Å². The van der Waals surface area contributed by atoms with E-state index in [1.54, 1.807) is 6.07 Å². The fourth-order valence-electron chi connectivity index (χ4n) is 3.49. The van der Waals surface area contributed by atoms with E-state index < -0.39 is 0 Å². The van der Waals surface area contributed by atoms with Crippen molar-refractivity contribution in [1.82, 2.24) is 5.32 Å². The second-order valence-electron chi connectivity index (χ2n) is 6.86. The molecule has 1 aliphatic rings. The lowest BCUT2D eigenvalue weighted by Gasteiger charge is -2.10. The van der Waals surface area contributed by atoms with E-state index in [0.717, 1.165) is 28.9 Å². The van der Waals surface area contributed by atoms with E-state index in [9.17, 15) is 4.79 Å². The molecular formula is C24H20N2O2. The summed E-state index contributed by atoms with van der Waals surface area (Å²) < 4.78 is 5.69. The number of fused-ring (bicyclic) bond motifs is 1. The van der Waals surface area contributed by atoms with Gasteiger partial charge in [-0.25, -0.2) is 0 Å². The third kappa shape index (κ3) is 3.74. The van der Waals surface area contributed by atoms with E-state index >= 15 is 0 Å². The van der Waals surface area contributed by atoms with Gasteiger partial charge in [0, 0.05) is 23.6 Å². The third-order valence-corrected chi connectivity index (χ3v) is 5.05. The average Bonchev–Trinajstić information content (AvgIpc) is 3.16. The quantitative estimate of drug-likeness (QED) is 0.720. The predicted molar refractivity (Wildman–Crippen MR) is 108 cm³/mol. The lowest BCUT2D eigenvalue weighted by molar-refractivity contribution is 0.0952. The van der Waals surface area contributed by atoms with Gasteiger partial charge in [0.15, 0.2) is 0 Å². The van der Waals surface area contributed by atoms with Gasteiger partial charge in [0.05, 0.1) is 18.2 Å². The summed E-state index contributed by atoms with van der Waals surface area (Å²) in [5.74, 6) is 0.959. The van der Waals surface area contributed by atoms with Crippen molar-refractivity contribution in [1.29, 1.82) is 5.26 Å². The van der Waals surface area contributed by atoms with Crippen LogP contribution < -0.4 is 10.1 Å². The van der Waals surface area contributed by atoms with Gasteiger partial charge in [-0.1, -0.05) is 42.5 Å². The van der Waals surface area contributed by atoms with E-state index in [-0.39, 0.29) is 11.8 Å². The Kier molecular flexibility index (Phi) is 5.07. The Labute approximate surface area is 164 Å². The first kappa shape index (κ1) is 17.8. The van der Waals surface area contributed by atoms with Gasteiger partial charge in [0.2, 0.25) is 0 Å². The Morgan fingerprint density at radius 1 is 1.04 bits per heavy atom. The average molecular weight is 368 g/mol. The molecule has 1 unspecified atom stereocenters. The van der Waals surface area contributed by atoms with Crippen molar-refractivity contribution in [3.8, 4) is 22.9 Å². The number of hydrogen-bond acceptors (Lipinski definition) is 3. The molecule has 28 heavy (non-hydrogen) atoms. The fraction of sp³-hybridized carbons (Fsp3) is 0.167. The summed E-state index contributed by atoms with van der Waals surface area (Å²) in [5.41, 5.74) is 4.56. The molecule has 0 radical (unpaired) electrons. The van der Waals surface area contributed by atoms with Gasteiger partial charge in [-0.3, -0.25) is 4.79 Å². The van der Waals surface area contributed by atoms with Crippen LogP contribution in [0.3, 0.4) is 0 Å². The van der Waals surface area contributed by atoms with Crippen LogP contribution in [0.15, 0.2) is 72.8 Å². The van der Waals surface area contributed by atoms with Crippen LogP contribution >= 0.6 is 0 Å². The van der Waals surface area contributed by atoms with Crippen molar-refractivity contribution in [2.75, 3.05) is 13.2 Å². The molecule has 3 aromatic carbocycles. The minimum absolute atomic E-state index is 0.0791. The van der Waals surface area contributed by atoms with Crippen molar-refractivity contribution >= 4 is 5.91 Å². The number of amides is 1. The zero-order valence-corrected chi connectivity index (χ0v) is 15.4. The van der Waals surface area contributed by atoms with Crippen LogP contribution in [0.25, 0.3) is 11.1 Å². The largest absolute Gasteiger partial charge is 0.493 e. The van der Waals surface area contributed by atoms with E-state index in [4.69, 9.17) is 10.00 Å². The highest BCUT2D eigenvalue weighted by molar-refractivity contribution is 5.94. The van der Waals surface area contributed by atoms with Crippen LogP contribution in [-0.2, 0) is 0 Å². The standard InChI is InChI=1S/C24H20N2O2/c25-15-17-6-11-23-22(14-17)21(16-28-23)12-13-26-24(27)20-9-7-19(8-10-20)18-4-2-1-3-5-18/h1-11,14,21H,12-13,16H2,(H,26,27). The third-order valence-electron chi connectivity index (χ3n) is 5.05. The second kappa shape index (κ2) is 7.98. The highest BCUT2D eigenvalue weighted by atomic mass is 16.5. The fourth-order valence-corrected chi connectivity index (χ4v) is 3.49. The van der Waals surface area contributed by atoms with Crippen LogP contribution in [-0.4, -0.2) is 19.1 Å². The van der Waals surface area contributed by atoms with Gasteiger partial charge in [-0.15, -0.1) is 0 Å². The number of ether oxygens (including phenoxy) is 1. The molecule has 0 bridgehead atoms. The lowest BCUT2D eigenvalue weighted by Crippen LogP contribution is -2.25. The Morgan fingerprint density at radius 3 is 2.54 bits per heavy atom. The van der Waals surface area contributed by atoms with E-state index in [1.807, 2.05) is 66.7 Å². The number of rotatable bonds is 5. The van der Waals surface area contributed by atoms with Gasteiger partial charge >= 0.3 is 0 Å². The molecule has 0 aliphatic carbocycles. The van der Waals surface area contributed by atoms with Gasteiger partial charge in [0.1, 0.15) is 5.75 Å². The highest BCUT2D eigenvalue weighted by Crippen LogP contribution is 2.36. The molecule has 4 rings (SSSR count). The minimum Gasteiger partial charge on any atom is -0.493 e. The number of nitrogens with one attached hydrogen (secondary N) is 1. The molecule has 1 aliphatic heterocycles.